The molecule has 66 valence electrons. The van der Waals surface area contributed by atoms with Gasteiger partial charge in [0.2, 0.25) is 0 Å². The average molecular weight is 167 g/mol. The summed E-state index contributed by atoms with van der Waals surface area (Å²) in [6.07, 6.45) is 5.56. The molecule has 1 heterocycles. The molecule has 1 rings (SSSR count). The fraction of sp³-hybridized carbons (Fsp3) is 0.444. The minimum atomic E-state index is -0.330. The van der Waals surface area contributed by atoms with Gasteiger partial charge in [-0.25, -0.2) is 4.79 Å². The molecule has 3 heteroatoms. The summed E-state index contributed by atoms with van der Waals surface area (Å²) in [6.45, 7) is 4.32. The van der Waals surface area contributed by atoms with Crippen LogP contribution in [0.1, 0.15) is 13.8 Å². The number of carbonyl (C=O) groups is 1. The van der Waals surface area contributed by atoms with Crippen molar-refractivity contribution in [2.45, 2.75) is 19.9 Å². The number of hydrogen-bond donors (Lipinski definition) is 1. The van der Waals surface area contributed by atoms with Crippen LogP contribution >= 0.6 is 0 Å². The molecule has 0 aromatic carbocycles. The van der Waals surface area contributed by atoms with Gasteiger partial charge in [0.25, 0.3) is 0 Å². The summed E-state index contributed by atoms with van der Waals surface area (Å²) in [6, 6.07) is 0.0266. The number of ether oxygens (including phenoxy) is 1. The lowest BCUT2D eigenvalue weighted by Gasteiger charge is -2.06. The molecule has 12 heavy (non-hydrogen) atoms. The number of carbonyl (C=O) groups excluding carboxylic acids is 1. The molecule has 0 aliphatic carbocycles. The number of alkyl carbamates (subject to hydrolysis) is 1. The van der Waals surface area contributed by atoms with Gasteiger partial charge >= 0.3 is 6.09 Å². The van der Waals surface area contributed by atoms with Gasteiger partial charge in [-0.1, -0.05) is 18.2 Å². The fourth-order valence-electron chi connectivity index (χ4n) is 1.17. The van der Waals surface area contributed by atoms with Crippen LogP contribution in [0.5, 0.6) is 0 Å². The van der Waals surface area contributed by atoms with Crippen LogP contribution in [0.15, 0.2) is 23.8 Å². The van der Waals surface area contributed by atoms with Crippen LogP contribution in [-0.2, 0) is 4.74 Å². The Morgan fingerprint density at radius 1 is 1.67 bits per heavy atom. The molecule has 0 spiro atoms. The van der Waals surface area contributed by atoms with Gasteiger partial charge in [-0.2, -0.15) is 0 Å². The molecule has 1 fully saturated rings. The lowest BCUT2D eigenvalue weighted by Crippen LogP contribution is -2.27. The Hall–Kier alpha value is -1.25. The predicted octanol–water partition coefficient (Wildman–Crippen LogP) is 1.62. The van der Waals surface area contributed by atoms with Crippen molar-refractivity contribution >= 4 is 6.09 Å². The van der Waals surface area contributed by atoms with Gasteiger partial charge in [0.15, 0.2) is 0 Å². The SMILES string of the molecule is CC=CC(=CC)C1COC(=O)N1. The van der Waals surface area contributed by atoms with Gasteiger partial charge in [0.1, 0.15) is 6.61 Å². The zero-order valence-electron chi connectivity index (χ0n) is 7.33. The molecule has 1 aliphatic rings. The zero-order chi connectivity index (χ0) is 8.97. The first-order valence-corrected chi connectivity index (χ1v) is 4.00. The summed E-state index contributed by atoms with van der Waals surface area (Å²) in [5.41, 5.74) is 1.09. The number of rotatable bonds is 2. The topological polar surface area (TPSA) is 38.3 Å². The Morgan fingerprint density at radius 2 is 2.42 bits per heavy atom. The smallest absolute Gasteiger partial charge is 0.407 e. The maximum absolute atomic E-state index is 10.7. The molecule has 0 aromatic rings. The van der Waals surface area contributed by atoms with Crippen molar-refractivity contribution in [3.8, 4) is 0 Å². The summed E-state index contributed by atoms with van der Waals surface area (Å²) in [4.78, 5) is 10.7. The van der Waals surface area contributed by atoms with E-state index in [0.29, 0.717) is 6.61 Å². The molecule has 0 bridgehead atoms. The lowest BCUT2D eigenvalue weighted by molar-refractivity contribution is 0.177. The third-order valence-electron chi connectivity index (χ3n) is 1.77. The molecule has 0 saturated carbocycles. The van der Waals surface area contributed by atoms with Crippen LogP contribution < -0.4 is 5.32 Å². The van der Waals surface area contributed by atoms with Gasteiger partial charge in [0.05, 0.1) is 6.04 Å². The van der Waals surface area contributed by atoms with Crippen LogP contribution in [0.25, 0.3) is 0 Å². The van der Waals surface area contributed by atoms with E-state index in [2.05, 4.69) is 5.32 Å². The zero-order valence-corrected chi connectivity index (χ0v) is 7.33. The molecule has 1 N–H and O–H groups in total. The minimum absolute atomic E-state index is 0.0266. The third-order valence-corrected chi connectivity index (χ3v) is 1.77. The van der Waals surface area contributed by atoms with E-state index in [4.69, 9.17) is 4.74 Å². The van der Waals surface area contributed by atoms with Crippen LogP contribution in [0.3, 0.4) is 0 Å². The van der Waals surface area contributed by atoms with Gasteiger partial charge < -0.3 is 10.1 Å². The molecule has 1 amide bonds. The van der Waals surface area contributed by atoms with Gasteiger partial charge in [0, 0.05) is 0 Å². The Kier molecular flexibility index (Phi) is 2.91. The van der Waals surface area contributed by atoms with Crippen molar-refractivity contribution in [2.24, 2.45) is 0 Å². The normalized spacial score (nSPS) is 24.3. The number of nitrogens with one attached hydrogen (secondary N) is 1. The van der Waals surface area contributed by atoms with Crippen molar-refractivity contribution < 1.29 is 9.53 Å². The maximum Gasteiger partial charge on any atom is 0.407 e. The Labute approximate surface area is 72.1 Å². The van der Waals surface area contributed by atoms with E-state index in [-0.39, 0.29) is 12.1 Å². The largest absolute Gasteiger partial charge is 0.447 e. The van der Waals surface area contributed by atoms with Gasteiger partial charge in [-0.05, 0) is 19.4 Å². The molecule has 1 saturated heterocycles. The second-order valence-corrected chi connectivity index (χ2v) is 2.58. The lowest BCUT2D eigenvalue weighted by atomic mass is 10.1. The quantitative estimate of drug-likeness (QED) is 0.634. The second kappa shape index (κ2) is 3.95. The van der Waals surface area contributed by atoms with Crippen molar-refractivity contribution in [1.82, 2.24) is 5.32 Å². The Bertz CT molecular complexity index is 231. The van der Waals surface area contributed by atoms with E-state index in [0.717, 1.165) is 5.57 Å². The van der Waals surface area contributed by atoms with E-state index >= 15 is 0 Å². The van der Waals surface area contributed by atoms with Crippen LogP contribution in [0, 0.1) is 0 Å². The van der Waals surface area contributed by atoms with Crippen LogP contribution in [-0.4, -0.2) is 18.7 Å². The number of allylic oxidation sites excluding steroid dienone is 2. The van der Waals surface area contributed by atoms with E-state index in [1.54, 1.807) is 0 Å². The van der Waals surface area contributed by atoms with Crippen molar-refractivity contribution in [1.29, 1.82) is 0 Å². The van der Waals surface area contributed by atoms with Crippen molar-refractivity contribution in [3.63, 3.8) is 0 Å². The maximum atomic E-state index is 10.7. The highest BCUT2D eigenvalue weighted by Gasteiger charge is 2.23. The molecule has 0 aromatic heterocycles. The summed E-state index contributed by atoms with van der Waals surface area (Å²) >= 11 is 0. The van der Waals surface area contributed by atoms with Gasteiger partial charge in [-0.3, -0.25) is 0 Å². The summed E-state index contributed by atoms with van der Waals surface area (Å²) in [5.74, 6) is 0. The first-order chi connectivity index (χ1) is 5.77. The monoisotopic (exact) mass is 167 g/mol. The summed E-state index contributed by atoms with van der Waals surface area (Å²) < 4.78 is 4.77. The Morgan fingerprint density at radius 3 is 2.83 bits per heavy atom. The first kappa shape index (κ1) is 8.84. The second-order valence-electron chi connectivity index (χ2n) is 2.58. The summed E-state index contributed by atoms with van der Waals surface area (Å²) in [5, 5.41) is 2.71. The first-order valence-electron chi connectivity index (χ1n) is 4.00. The summed E-state index contributed by atoms with van der Waals surface area (Å²) in [7, 11) is 0. The molecule has 1 atom stereocenters. The highest BCUT2D eigenvalue weighted by Crippen LogP contribution is 2.09. The molecule has 1 aliphatic heterocycles. The van der Waals surface area contributed by atoms with Crippen LogP contribution in [0.2, 0.25) is 0 Å². The predicted molar refractivity (Wildman–Crippen MR) is 46.8 cm³/mol. The number of hydrogen-bond acceptors (Lipinski definition) is 2. The molecule has 1 unspecified atom stereocenters. The average Bonchev–Trinajstić information content (AvgIpc) is 2.47. The fourth-order valence-corrected chi connectivity index (χ4v) is 1.17. The third kappa shape index (κ3) is 1.87. The standard InChI is InChI=1S/C9H13NO2/c1-3-5-7(4-2)8-6-12-9(11)10-8/h3-5,8H,6H2,1-2H3,(H,10,11). The molecular weight excluding hydrogens is 154 g/mol. The number of amides is 1. The molecular formula is C9H13NO2. The van der Waals surface area contributed by atoms with E-state index in [9.17, 15) is 4.79 Å². The van der Waals surface area contributed by atoms with Crippen molar-refractivity contribution in [2.75, 3.05) is 6.61 Å². The van der Waals surface area contributed by atoms with E-state index in [1.807, 2.05) is 32.1 Å². The highest BCUT2D eigenvalue weighted by molar-refractivity contribution is 5.70. The highest BCUT2D eigenvalue weighted by atomic mass is 16.6. The van der Waals surface area contributed by atoms with Crippen molar-refractivity contribution in [3.05, 3.63) is 23.8 Å². The minimum Gasteiger partial charge on any atom is -0.447 e. The van der Waals surface area contributed by atoms with Crippen LogP contribution in [0.4, 0.5) is 4.79 Å². The Balaban J connectivity index is 2.62. The molecule has 0 radical (unpaired) electrons. The number of cyclic esters (lactones) is 1. The van der Waals surface area contributed by atoms with E-state index < -0.39 is 0 Å². The van der Waals surface area contributed by atoms with Gasteiger partial charge in [-0.15, -0.1) is 0 Å². The van der Waals surface area contributed by atoms with E-state index in [1.165, 1.54) is 0 Å². The molecule has 3 nitrogen and oxygen atoms in total.